The summed E-state index contributed by atoms with van der Waals surface area (Å²) in [7, 11) is 0. The van der Waals surface area contributed by atoms with Crippen LogP contribution >= 0.6 is 11.6 Å². The van der Waals surface area contributed by atoms with Crippen LogP contribution in [0.25, 0.3) is 5.69 Å². The van der Waals surface area contributed by atoms with Gasteiger partial charge in [0.25, 0.3) is 0 Å². The maximum atomic E-state index is 15.2. The zero-order valence-electron chi connectivity index (χ0n) is 18.0. The second kappa shape index (κ2) is 10.2. The molecule has 1 heterocycles. The first-order valence-electron chi connectivity index (χ1n) is 10.9. The van der Waals surface area contributed by atoms with Crippen molar-refractivity contribution < 1.29 is 23.8 Å². The lowest BCUT2D eigenvalue weighted by Crippen LogP contribution is -2.14. The number of rotatable bonds is 7. The van der Waals surface area contributed by atoms with E-state index in [0.717, 1.165) is 37.7 Å². The first-order chi connectivity index (χ1) is 15.9. The Hall–Kier alpha value is -3.19. The fourth-order valence-electron chi connectivity index (χ4n) is 4.26. The second-order valence-corrected chi connectivity index (χ2v) is 8.60. The number of hydrogen-bond donors (Lipinski definition) is 1. The summed E-state index contributed by atoms with van der Waals surface area (Å²) in [5.41, 5.74) is 1.15. The number of esters is 1. The number of carbonyl (C=O) groups excluding carboxylic acids is 1. The molecule has 8 heteroatoms. The third-order valence-corrected chi connectivity index (χ3v) is 6.15. The Labute approximate surface area is 196 Å². The van der Waals surface area contributed by atoms with Crippen molar-refractivity contribution in [3.05, 3.63) is 82.1 Å². The lowest BCUT2D eigenvalue weighted by atomic mass is 9.88. The number of carboxylic acid groups (broad SMARTS) is 1. The van der Waals surface area contributed by atoms with Crippen LogP contribution < -0.4 is 0 Å². The highest BCUT2D eigenvalue weighted by atomic mass is 35.5. The molecule has 0 saturated heterocycles. The maximum absolute atomic E-state index is 15.2. The van der Waals surface area contributed by atoms with Gasteiger partial charge in [-0.3, -0.25) is 9.36 Å². The van der Waals surface area contributed by atoms with Crippen LogP contribution in [0.4, 0.5) is 4.39 Å². The van der Waals surface area contributed by atoms with Crippen LogP contribution in [0.1, 0.15) is 65.5 Å². The first kappa shape index (κ1) is 23.0. The molecule has 1 saturated carbocycles. The monoisotopic (exact) mass is 470 g/mol. The SMILES string of the molecule is O=C(O)Cc1ccc(Cl)c(F)c1-n1cc(C(=O)OCc2ccccc2)nc1C1CCCCC1. The van der Waals surface area contributed by atoms with Gasteiger partial charge in [-0.1, -0.05) is 67.3 Å². The van der Waals surface area contributed by atoms with Gasteiger partial charge in [-0.25, -0.2) is 14.2 Å². The largest absolute Gasteiger partial charge is 0.481 e. The Morgan fingerprint density at radius 2 is 1.85 bits per heavy atom. The van der Waals surface area contributed by atoms with E-state index in [-0.39, 0.29) is 40.9 Å². The fourth-order valence-corrected chi connectivity index (χ4v) is 4.42. The van der Waals surface area contributed by atoms with Crippen LogP contribution in [0.5, 0.6) is 0 Å². The average molecular weight is 471 g/mol. The standard InChI is InChI=1S/C25H24ClFN2O4/c26-19-12-11-18(13-21(30)31)23(22(19)27)29-14-20(28-24(29)17-9-5-2-6-10-17)25(32)33-15-16-7-3-1-4-8-16/h1,3-4,7-8,11-12,14,17H,2,5-6,9-10,13,15H2,(H,30,31). The molecule has 1 aliphatic rings. The summed E-state index contributed by atoms with van der Waals surface area (Å²) in [5.74, 6) is -1.93. The normalized spacial score (nSPS) is 14.2. The Morgan fingerprint density at radius 1 is 1.12 bits per heavy atom. The molecule has 0 amide bonds. The van der Waals surface area contributed by atoms with E-state index in [9.17, 15) is 14.7 Å². The molecule has 1 fully saturated rings. The second-order valence-electron chi connectivity index (χ2n) is 8.19. The van der Waals surface area contributed by atoms with Gasteiger partial charge in [0.1, 0.15) is 12.4 Å². The highest BCUT2D eigenvalue weighted by Crippen LogP contribution is 2.36. The predicted molar refractivity (Wildman–Crippen MR) is 121 cm³/mol. The topological polar surface area (TPSA) is 81.4 Å². The zero-order valence-corrected chi connectivity index (χ0v) is 18.7. The summed E-state index contributed by atoms with van der Waals surface area (Å²) < 4.78 is 22.2. The summed E-state index contributed by atoms with van der Waals surface area (Å²) in [6.45, 7) is 0.0844. The van der Waals surface area contributed by atoms with Crippen molar-refractivity contribution in [2.24, 2.45) is 0 Å². The van der Waals surface area contributed by atoms with E-state index < -0.39 is 17.8 Å². The van der Waals surface area contributed by atoms with Gasteiger partial charge >= 0.3 is 11.9 Å². The zero-order chi connectivity index (χ0) is 23.4. The Bertz CT molecular complexity index is 1160. The lowest BCUT2D eigenvalue weighted by Gasteiger charge is -2.23. The molecule has 0 radical (unpaired) electrons. The molecule has 4 rings (SSSR count). The van der Waals surface area contributed by atoms with Crippen molar-refractivity contribution in [3.63, 3.8) is 0 Å². The highest BCUT2D eigenvalue weighted by molar-refractivity contribution is 6.31. The number of ether oxygens (including phenoxy) is 1. The molecule has 1 aliphatic carbocycles. The number of nitrogens with zero attached hydrogens (tertiary/aromatic N) is 2. The van der Waals surface area contributed by atoms with Gasteiger partial charge in [-0.15, -0.1) is 0 Å². The van der Waals surface area contributed by atoms with Gasteiger partial charge in [0, 0.05) is 12.1 Å². The summed E-state index contributed by atoms with van der Waals surface area (Å²) >= 11 is 6.05. The van der Waals surface area contributed by atoms with Crippen LogP contribution in [-0.4, -0.2) is 26.6 Å². The van der Waals surface area contributed by atoms with E-state index in [4.69, 9.17) is 16.3 Å². The van der Waals surface area contributed by atoms with Gasteiger partial charge in [-0.05, 0) is 30.0 Å². The highest BCUT2D eigenvalue weighted by Gasteiger charge is 2.28. The van der Waals surface area contributed by atoms with E-state index in [2.05, 4.69) is 4.98 Å². The Morgan fingerprint density at radius 3 is 2.55 bits per heavy atom. The number of carboxylic acids is 1. The molecule has 1 N–H and O–H groups in total. The van der Waals surface area contributed by atoms with Crippen LogP contribution in [0.2, 0.25) is 5.02 Å². The third-order valence-electron chi connectivity index (χ3n) is 5.86. The van der Waals surface area contributed by atoms with Gasteiger partial charge in [0.2, 0.25) is 0 Å². The maximum Gasteiger partial charge on any atom is 0.358 e. The average Bonchev–Trinajstić information content (AvgIpc) is 3.26. The molecular formula is C25H24ClFN2O4. The smallest absolute Gasteiger partial charge is 0.358 e. The van der Waals surface area contributed by atoms with E-state index in [1.807, 2.05) is 30.3 Å². The quantitative estimate of drug-likeness (QED) is 0.448. The number of aliphatic carboxylic acids is 1. The van der Waals surface area contributed by atoms with E-state index in [1.165, 1.54) is 22.9 Å². The number of halogens is 2. The van der Waals surface area contributed by atoms with Crippen molar-refractivity contribution in [1.82, 2.24) is 9.55 Å². The number of hydrogen-bond acceptors (Lipinski definition) is 4. The van der Waals surface area contributed by atoms with E-state index >= 15 is 4.39 Å². The molecular weight excluding hydrogens is 447 g/mol. The molecule has 6 nitrogen and oxygen atoms in total. The van der Waals surface area contributed by atoms with Crippen molar-refractivity contribution >= 4 is 23.5 Å². The van der Waals surface area contributed by atoms with Crippen LogP contribution in [0, 0.1) is 5.82 Å². The number of imidazole rings is 1. The van der Waals surface area contributed by atoms with Crippen molar-refractivity contribution in [3.8, 4) is 5.69 Å². The summed E-state index contributed by atoms with van der Waals surface area (Å²) in [6, 6.07) is 12.1. The molecule has 1 aromatic heterocycles. The molecule has 0 aliphatic heterocycles. The minimum atomic E-state index is -1.10. The minimum Gasteiger partial charge on any atom is -0.481 e. The molecule has 172 valence electrons. The summed E-state index contributed by atoms with van der Waals surface area (Å²) in [6.07, 6.45) is 5.87. The number of carbonyl (C=O) groups is 2. The first-order valence-corrected chi connectivity index (χ1v) is 11.3. The molecule has 0 bridgehead atoms. The van der Waals surface area contributed by atoms with Crippen LogP contribution in [0.3, 0.4) is 0 Å². The van der Waals surface area contributed by atoms with E-state index in [1.54, 1.807) is 0 Å². The third kappa shape index (κ3) is 5.25. The number of benzene rings is 2. The van der Waals surface area contributed by atoms with Crippen LogP contribution in [-0.2, 0) is 22.6 Å². The number of aromatic nitrogens is 2. The predicted octanol–water partition coefficient (Wildman–Crippen LogP) is 5.70. The molecule has 2 aromatic carbocycles. The molecule has 0 spiro atoms. The van der Waals surface area contributed by atoms with Gasteiger partial charge < -0.3 is 9.84 Å². The van der Waals surface area contributed by atoms with Gasteiger partial charge in [-0.2, -0.15) is 0 Å². The summed E-state index contributed by atoms with van der Waals surface area (Å²) in [5, 5.41) is 9.20. The van der Waals surface area contributed by atoms with Gasteiger partial charge in [0.05, 0.1) is 17.1 Å². The minimum absolute atomic E-state index is 0.0140. The van der Waals surface area contributed by atoms with Crippen molar-refractivity contribution in [1.29, 1.82) is 0 Å². The van der Waals surface area contributed by atoms with Crippen LogP contribution in [0.15, 0.2) is 48.7 Å². The van der Waals surface area contributed by atoms with E-state index in [0.29, 0.717) is 5.82 Å². The lowest BCUT2D eigenvalue weighted by molar-refractivity contribution is -0.136. The Kier molecular flexibility index (Phi) is 7.08. The summed E-state index contributed by atoms with van der Waals surface area (Å²) in [4.78, 5) is 28.8. The molecule has 0 atom stereocenters. The van der Waals surface area contributed by atoms with Crippen molar-refractivity contribution in [2.45, 2.75) is 51.0 Å². The Balaban J connectivity index is 1.74. The fraction of sp³-hybridized carbons (Fsp3) is 0.320. The van der Waals surface area contributed by atoms with Crippen molar-refractivity contribution in [2.75, 3.05) is 0 Å². The molecule has 3 aromatic rings. The molecule has 33 heavy (non-hydrogen) atoms. The molecule has 0 unspecified atom stereocenters. The van der Waals surface area contributed by atoms with Gasteiger partial charge in [0.15, 0.2) is 11.5 Å².